The standard InChI is InChI=1S/2C10H11BrClN3O/c2*1-5-8(12)4-7(6(2)14-15-13)10(16-3)9(5)11/h2*4,6H,1-3H3. The van der Waals surface area contributed by atoms with Crippen LogP contribution in [0.5, 0.6) is 11.5 Å². The van der Waals surface area contributed by atoms with Crippen molar-refractivity contribution in [2.24, 2.45) is 10.2 Å². The lowest BCUT2D eigenvalue weighted by Crippen LogP contribution is -1.98. The number of hydrogen-bond acceptors (Lipinski definition) is 4. The van der Waals surface area contributed by atoms with E-state index in [1.807, 2.05) is 13.8 Å². The third-order valence-electron chi connectivity index (χ3n) is 4.62. The predicted molar refractivity (Wildman–Crippen MR) is 136 cm³/mol. The monoisotopic (exact) mass is 606 g/mol. The largest absolute Gasteiger partial charge is 0.495 e. The Labute approximate surface area is 213 Å². The van der Waals surface area contributed by atoms with E-state index >= 15 is 0 Å². The van der Waals surface area contributed by atoms with Gasteiger partial charge >= 0.3 is 0 Å². The molecule has 0 radical (unpaired) electrons. The molecule has 2 aromatic carbocycles. The number of benzene rings is 2. The first-order chi connectivity index (χ1) is 15.0. The lowest BCUT2D eigenvalue weighted by Gasteiger charge is -2.15. The Morgan fingerprint density at radius 1 is 0.812 bits per heavy atom. The molecule has 0 heterocycles. The van der Waals surface area contributed by atoms with Gasteiger partial charge in [-0.3, -0.25) is 0 Å². The quantitative estimate of drug-likeness (QED) is 0.184. The summed E-state index contributed by atoms with van der Waals surface area (Å²) in [6, 6.07) is 2.88. The van der Waals surface area contributed by atoms with Crippen LogP contribution in [0.1, 0.15) is 48.2 Å². The van der Waals surface area contributed by atoms with Crippen molar-refractivity contribution in [2.45, 2.75) is 39.8 Å². The zero-order valence-electron chi connectivity index (χ0n) is 18.3. The molecule has 0 aromatic heterocycles. The minimum Gasteiger partial charge on any atom is -0.495 e. The number of methoxy groups -OCH3 is 2. The van der Waals surface area contributed by atoms with Gasteiger partial charge < -0.3 is 9.47 Å². The second-order valence-electron chi connectivity index (χ2n) is 6.60. The maximum atomic E-state index is 8.43. The summed E-state index contributed by atoms with van der Waals surface area (Å²) < 4.78 is 12.2. The second kappa shape index (κ2) is 13.0. The van der Waals surface area contributed by atoms with Gasteiger partial charge in [-0.05, 0) is 80.0 Å². The molecule has 0 aliphatic heterocycles. The van der Waals surface area contributed by atoms with Gasteiger partial charge in [-0.2, -0.15) is 0 Å². The molecule has 2 rings (SSSR count). The van der Waals surface area contributed by atoms with Gasteiger partial charge in [0.05, 0.1) is 35.2 Å². The van der Waals surface area contributed by atoms with E-state index in [-0.39, 0.29) is 12.1 Å². The molecule has 8 nitrogen and oxygen atoms in total. The van der Waals surface area contributed by atoms with Gasteiger partial charge in [-0.25, -0.2) is 0 Å². The molecular formula is C20H22Br2Cl2N6O2. The third-order valence-corrected chi connectivity index (χ3v) is 7.32. The van der Waals surface area contributed by atoms with E-state index in [0.29, 0.717) is 21.5 Å². The molecule has 0 aliphatic rings. The molecule has 0 saturated carbocycles. The van der Waals surface area contributed by atoms with Crippen LogP contribution in [0.4, 0.5) is 0 Å². The van der Waals surface area contributed by atoms with E-state index in [0.717, 1.165) is 31.2 Å². The molecule has 0 amide bonds. The van der Waals surface area contributed by atoms with Crippen molar-refractivity contribution in [3.05, 3.63) is 74.3 Å². The molecule has 2 unspecified atom stereocenters. The first kappa shape index (κ1) is 28.2. The van der Waals surface area contributed by atoms with Crippen molar-refractivity contribution in [3.63, 3.8) is 0 Å². The Bertz CT molecular complexity index is 1000. The van der Waals surface area contributed by atoms with Gasteiger partial charge in [0, 0.05) is 31.0 Å². The Morgan fingerprint density at radius 2 is 1.12 bits per heavy atom. The summed E-state index contributed by atoms with van der Waals surface area (Å²) in [7, 11) is 3.14. The van der Waals surface area contributed by atoms with E-state index in [2.05, 4.69) is 51.9 Å². The molecular weight excluding hydrogens is 587 g/mol. The van der Waals surface area contributed by atoms with E-state index in [1.165, 1.54) is 0 Å². The highest BCUT2D eigenvalue weighted by Crippen LogP contribution is 2.41. The molecule has 0 saturated heterocycles. The summed E-state index contributed by atoms with van der Waals surface area (Å²) in [5.74, 6) is 1.31. The minimum absolute atomic E-state index is 0.325. The topological polar surface area (TPSA) is 116 Å². The Hall–Kier alpha value is -1.80. The Kier molecular flexibility index (Phi) is 11.5. The molecule has 32 heavy (non-hydrogen) atoms. The Balaban J connectivity index is 0.000000320. The first-order valence-electron chi connectivity index (χ1n) is 9.18. The maximum Gasteiger partial charge on any atom is 0.136 e. The van der Waals surface area contributed by atoms with E-state index in [4.69, 9.17) is 43.7 Å². The maximum absolute atomic E-state index is 8.43. The minimum atomic E-state index is -0.325. The molecule has 172 valence electrons. The van der Waals surface area contributed by atoms with Crippen LogP contribution in [0.15, 0.2) is 31.3 Å². The summed E-state index contributed by atoms with van der Waals surface area (Å²) >= 11 is 19.0. The number of nitrogens with zero attached hydrogens (tertiary/aromatic N) is 6. The van der Waals surface area contributed by atoms with E-state index < -0.39 is 0 Å². The fraction of sp³-hybridized carbons (Fsp3) is 0.400. The molecule has 0 spiro atoms. The van der Waals surface area contributed by atoms with Crippen LogP contribution in [0, 0.1) is 13.8 Å². The first-order valence-corrected chi connectivity index (χ1v) is 11.5. The lowest BCUT2D eigenvalue weighted by atomic mass is 10.1. The van der Waals surface area contributed by atoms with Crippen molar-refractivity contribution in [1.82, 2.24) is 0 Å². The van der Waals surface area contributed by atoms with Gasteiger partial charge in [-0.1, -0.05) is 47.3 Å². The highest BCUT2D eigenvalue weighted by molar-refractivity contribution is 9.11. The summed E-state index contributed by atoms with van der Waals surface area (Å²) in [6.07, 6.45) is 0. The molecule has 12 heteroatoms. The van der Waals surface area contributed by atoms with Gasteiger partial charge in [0.25, 0.3) is 0 Å². The van der Waals surface area contributed by atoms with E-state index in [1.54, 1.807) is 40.2 Å². The fourth-order valence-corrected chi connectivity index (χ4v) is 4.60. The van der Waals surface area contributed by atoms with Crippen molar-refractivity contribution in [2.75, 3.05) is 14.2 Å². The molecule has 0 fully saturated rings. The van der Waals surface area contributed by atoms with Crippen LogP contribution in [0.2, 0.25) is 10.0 Å². The fourth-order valence-electron chi connectivity index (χ4n) is 2.74. The third kappa shape index (κ3) is 6.61. The van der Waals surface area contributed by atoms with Crippen molar-refractivity contribution < 1.29 is 9.47 Å². The SMILES string of the molecule is COc1c(C(C)N=[N+]=[N-])cc(Cl)c(C)c1Br.COc1c(C(C)N=[N+]=[N-])cc(Cl)c(C)c1Br. The predicted octanol–water partition coefficient (Wildman–Crippen LogP) is 9.58. The van der Waals surface area contributed by atoms with E-state index in [9.17, 15) is 0 Å². The highest BCUT2D eigenvalue weighted by Gasteiger charge is 2.18. The van der Waals surface area contributed by atoms with Gasteiger partial charge in [0.2, 0.25) is 0 Å². The zero-order valence-corrected chi connectivity index (χ0v) is 23.0. The number of rotatable bonds is 6. The van der Waals surface area contributed by atoms with Gasteiger partial charge in [0.15, 0.2) is 0 Å². The number of hydrogen-bond donors (Lipinski definition) is 0. The van der Waals surface area contributed by atoms with Crippen LogP contribution in [-0.2, 0) is 0 Å². The van der Waals surface area contributed by atoms with Gasteiger partial charge in [0.1, 0.15) is 11.5 Å². The van der Waals surface area contributed by atoms with Crippen LogP contribution >= 0.6 is 55.1 Å². The Morgan fingerprint density at radius 3 is 1.38 bits per heavy atom. The molecule has 2 atom stereocenters. The zero-order chi connectivity index (χ0) is 24.6. The van der Waals surface area contributed by atoms with Gasteiger partial charge in [-0.15, -0.1) is 0 Å². The smallest absolute Gasteiger partial charge is 0.136 e. The number of ether oxygens (including phenoxy) is 2. The number of halogens is 4. The molecule has 0 bridgehead atoms. The summed E-state index contributed by atoms with van der Waals surface area (Å²) in [5, 5.41) is 8.50. The highest BCUT2D eigenvalue weighted by atomic mass is 79.9. The van der Waals surface area contributed by atoms with Crippen molar-refractivity contribution in [1.29, 1.82) is 0 Å². The molecule has 0 N–H and O–H groups in total. The van der Waals surface area contributed by atoms with Crippen LogP contribution in [0.3, 0.4) is 0 Å². The average Bonchev–Trinajstić information content (AvgIpc) is 2.76. The molecule has 0 aliphatic carbocycles. The summed E-state index contributed by atoms with van der Waals surface area (Å²) in [6.45, 7) is 7.35. The van der Waals surface area contributed by atoms with Crippen LogP contribution < -0.4 is 9.47 Å². The van der Waals surface area contributed by atoms with Crippen molar-refractivity contribution in [3.8, 4) is 11.5 Å². The van der Waals surface area contributed by atoms with Crippen LogP contribution in [0.25, 0.3) is 20.9 Å². The average molecular weight is 609 g/mol. The normalized spacial score (nSPS) is 11.8. The summed E-state index contributed by atoms with van der Waals surface area (Å²) in [4.78, 5) is 5.56. The molecule has 2 aromatic rings. The lowest BCUT2D eigenvalue weighted by molar-refractivity contribution is 0.403. The number of azide groups is 2. The van der Waals surface area contributed by atoms with Crippen molar-refractivity contribution >= 4 is 55.1 Å². The summed E-state index contributed by atoms with van der Waals surface area (Å²) in [5.41, 5.74) is 20.2. The second-order valence-corrected chi connectivity index (χ2v) is 9.00. The van der Waals surface area contributed by atoms with Crippen LogP contribution in [-0.4, -0.2) is 14.2 Å².